The molecule has 1 aliphatic rings. The third-order valence-corrected chi connectivity index (χ3v) is 2.88. The van der Waals surface area contributed by atoms with Crippen molar-refractivity contribution >= 4 is 11.7 Å². The SMILES string of the molecule is CC(C)(C)C(=O)CN1CCCC1C(N)=O. The van der Waals surface area contributed by atoms with Crippen molar-refractivity contribution in [2.24, 2.45) is 11.1 Å². The Morgan fingerprint density at radius 2 is 2.00 bits per heavy atom. The quantitative estimate of drug-likeness (QED) is 0.743. The first-order valence-electron chi connectivity index (χ1n) is 5.39. The van der Waals surface area contributed by atoms with Crippen LogP contribution in [0.25, 0.3) is 0 Å². The second-order valence-corrected chi connectivity index (χ2v) is 5.20. The van der Waals surface area contributed by atoms with Crippen molar-refractivity contribution in [2.45, 2.75) is 39.7 Å². The molecule has 1 heterocycles. The smallest absolute Gasteiger partial charge is 0.234 e. The van der Waals surface area contributed by atoms with E-state index in [2.05, 4.69) is 0 Å². The van der Waals surface area contributed by atoms with Crippen molar-refractivity contribution in [3.63, 3.8) is 0 Å². The van der Waals surface area contributed by atoms with Crippen LogP contribution in [0.4, 0.5) is 0 Å². The molecule has 0 aromatic rings. The van der Waals surface area contributed by atoms with Crippen LogP contribution in [0.15, 0.2) is 0 Å². The Balaban J connectivity index is 2.58. The zero-order valence-corrected chi connectivity index (χ0v) is 9.75. The molecule has 1 unspecified atom stereocenters. The van der Waals surface area contributed by atoms with Crippen LogP contribution >= 0.6 is 0 Å². The second kappa shape index (κ2) is 4.31. The number of likely N-dealkylation sites (tertiary alicyclic amines) is 1. The van der Waals surface area contributed by atoms with Gasteiger partial charge in [0.25, 0.3) is 0 Å². The summed E-state index contributed by atoms with van der Waals surface area (Å²) in [6.45, 7) is 6.83. The summed E-state index contributed by atoms with van der Waals surface area (Å²) in [6.07, 6.45) is 1.73. The van der Waals surface area contributed by atoms with E-state index in [1.165, 1.54) is 0 Å². The predicted molar refractivity (Wildman–Crippen MR) is 58.3 cm³/mol. The lowest BCUT2D eigenvalue weighted by atomic mass is 9.90. The van der Waals surface area contributed by atoms with Crippen LogP contribution in [0.1, 0.15) is 33.6 Å². The van der Waals surface area contributed by atoms with Crippen LogP contribution < -0.4 is 5.73 Å². The standard InChI is InChI=1S/C11H20N2O2/c1-11(2,3)9(14)7-13-6-4-5-8(13)10(12)15/h8H,4-7H2,1-3H3,(H2,12,15). The Morgan fingerprint density at radius 3 is 2.47 bits per heavy atom. The highest BCUT2D eigenvalue weighted by molar-refractivity contribution is 5.87. The number of Topliss-reactive ketones (excluding diaryl/α,β-unsaturated/α-hetero) is 1. The van der Waals surface area contributed by atoms with Crippen molar-refractivity contribution in [1.29, 1.82) is 0 Å². The summed E-state index contributed by atoms with van der Waals surface area (Å²) < 4.78 is 0. The number of carbonyl (C=O) groups excluding carboxylic acids is 2. The molecule has 0 saturated carbocycles. The van der Waals surface area contributed by atoms with Gasteiger partial charge in [-0.15, -0.1) is 0 Å². The molecule has 4 heteroatoms. The minimum Gasteiger partial charge on any atom is -0.368 e. The molecule has 0 aromatic carbocycles. The Kier molecular flexibility index (Phi) is 3.50. The van der Waals surface area contributed by atoms with E-state index < -0.39 is 0 Å². The van der Waals surface area contributed by atoms with Gasteiger partial charge in [0.2, 0.25) is 5.91 Å². The van der Waals surface area contributed by atoms with Gasteiger partial charge in [-0.05, 0) is 19.4 Å². The van der Waals surface area contributed by atoms with Gasteiger partial charge in [-0.2, -0.15) is 0 Å². The Hall–Kier alpha value is -0.900. The van der Waals surface area contributed by atoms with Gasteiger partial charge in [-0.1, -0.05) is 20.8 Å². The summed E-state index contributed by atoms with van der Waals surface area (Å²) in [4.78, 5) is 24.8. The van der Waals surface area contributed by atoms with Gasteiger partial charge in [0, 0.05) is 5.41 Å². The van der Waals surface area contributed by atoms with Crippen molar-refractivity contribution < 1.29 is 9.59 Å². The monoisotopic (exact) mass is 212 g/mol. The molecule has 1 aliphatic heterocycles. The van der Waals surface area contributed by atoms with Crippen molar-refractivity contribution in [2.75, 3.05) is 13.1 Å². The summed E-state index contributed by atoms with van der Waals surface area (Å²) >= 11 is 0. The van der Waals surface area contributed by atoms with E-state index in [4.69, 9.17) is 5.73 Å². The molecule has 0 bridgehead atoms. The minimum absolute atomic E-state index is 0.163. The number of nitrogens with zero attached hydrogens (tertiary/aromatic N) is 1. The lowest BCUT2D eigenvalue weighted by molar-refractivity contribution is -0.129. The highest BCUT2D eigenvalue weighted by atomic mass is 16.1. The van der Waals surface area contributed by atoms with Crippen LogP contribution in [0.3, 0.4) is 0 Å². The molecule has 1 fully saturated rings. The maximum absolute atomic E-state index is 11.8. The van der Waals surface area contributed by atoms with Gasteiger partial charge in [-0.3, -0.25) is 14.5 Å². The summed E-state index contributed by atoms with van der Waals surface area (Å²) in [5.41, 5.74) is 4.94. The number of amides is 1. The van der Waals surface area contributed by atoms with Crippen LogP contribution in [0.2, 0.25) is 0 Å². The molecule has 1 amide bonds. The number of nitrogens with two attached hydrogens (primary N) is 1. The molecule has 0 spiro atoms. The van der Waals surface area contributed by atoms with E-state index in [1.54, 1.807) is 0 Å². The zero-order valence-electron chi connectivity index (χ0n) is 9.75. The molecular weight excluding hydrogens is 192 g/mol. The Bertz CT molecular complexity index is 268. The fourth-order valence-electron chi connectivity index (χ4n) is 1.76. The summed E-state index contributed by atoms with van der Waals surface area (Å²) in [5.74, 6) is -0.148. The second-order valence-electron chi connectivity index (χ2n) is 5.20. The topological polar surface area (TPSA) is 63.4 Å². The van der Waals surface area contributed by atoms with Crippen LogP contribution in [0, 0.1) is 5.41 Å². The van der Waals surface area contributed by atoms with E-state index >= 15 is 0 Å². The van der Waals surface area contributed by atoms with Gasteiger partial charge >= 0.3 is 0 Å². The molecule has 15 heavy (non-hydrogen) atoms. The summed E-state index contributed by atoms with van der Waals surface area (Å²) in [7, 11) is 0. The summed E-state index contributed by atoms with van der Waals surface area (Å²) in [5, 5.41) is 0. The lowest BCUT2D eigenvalue weighted by Gasteiger charge is -2.25. The van der Waals surface area contributed by atoms with E-state index in [0.717, 1.165) is 19.4 Å². The third-order valence-electron chi connectivity index (χ3n) is 2.88. The average Bonchev–Trinajstić information content (AvgIpc) is 2.50. The van der Waals surface area contributed by atoms with Gasteiger partial charge < -0.3 is 5.73 Å². The highest BCUT2D eigenvalue weighted by Crippen LogP contribution is 2.20. The molecular formula is C11H20N2O2. The van der Waals surface area contributed by atoms with E-state index in [0.29, 0.717) is 6.54 Å². The number of hydrogen-bond acceptors (Lipinski definition) is 3. The first-order valence-corrected chi connectivity index (χ1v) is 5.39. The van der Waals surface area contributed by atoms with Crippen LogP contribution in [0.5, 0.6) is 0 Å². The largest absolute Gasteiger partial charge is 0.368 e. The van der Waals surface area contributed by atoms with E-state index in [-0.39, 0.29) is 23.1 Å². The van der Waals surface area contributed by atoms with Crippen molar-refractivity contribution in [3.05, 3.63) is 0 Å². The molecule has 1 saturated heterocycles. The van der Waals surface area contributed by atoms with Gasteiger partial charge in [0.05, 0.1) is 12.6 Å². The van der Waals surface area contributed by atoms with Crippen LogP contribution in [-0.2, 0) is 9.59 Å². The normalized spacial score (nSPS) is 23.0. The first kappa shape index (κ1) is 12.2. The number of rotatable bonds is 3. The van der Waals surface area contributed by atoms with Gasteiger partial charge in [0.15, 0.2) is 5.78 Å². The number of carbonyl (C=O) groups is 2. The van der Waals surface area contributed by atoms with Crippen molar-refractivity contribution in [1.82, 2.24) is 4.90 Å². The highest BCUT2D eigenvalue weighted by Gasteiger charge is 2.32. The average molecular weight is 212 g/mol. The molecule has 4 nitrogen and oxygen atoms in total. The summed E-state index contributed by atoms with van der Waals surface area (Å²) in [6, 6.07) is -0.240. The zero-order chi connectivity index (χ0) is 11.6. The molecule has 1 rings (SSSR count). The molecule has 0 radical (unpaired) electrons. The number of primary amides is 1. The fraction of sp³-hybridized carbons (Fsp3) is 0.818. The predicted octanol–water partition coefficient (Wildman–Crippen LogP) is 0.551. The maximum Gasteiger partial charge on any atom is 0.234 e. The molecule has 2 N–H and O–H groups in total. The third kappa shape index (κ3) is 3.02. The lowest BCUT2D eigenvalue weighted by Crippen LogP contribution is -2.44. The van der Waals surface area contributed by atoms with E-state index in [9.17, 15) is 9.59 Å². The van der Waals surface area contributed by atoms with Crippen LogP contribution in [-0.4, -0.2) is 35.7 Å². The van der Waals surface area contributed by atoms with Crippen molar-refractivity contribution in [3.8, 4) is 0 Å². The minimum atomic E-state index is -0.342. The Labute approximate surface area is 90.8 Å². The number of hydrogen-bond donors (Lipinski definition) is 1. The van der Waals surface area contributed by atoms with E-state index in [1.807, 2.05) is 25.7 Å². The number of ketones is 1. The van der Waals surface area contributed by atoms with Gasteiger partial charge in [0.1, 0.15) is 0 Å². The molecule has 1 atom stereocenters. The molecule has 0 aliphatic carbocycles. The fourth-order valence-corrected chi connectivity index (χ4v) is 1.76. The first-order chi connectivity index (χ1) is 6.82. The molecule has 0 aromatic heterocycles. The maximum atomic E-state index is 11.8. The Morgan fingerprint density at radius 1 is 1.40 bits per heavy atom. The van der Waals surface area contributed by atoms with Gasteiger partial charge in [-0.25, -0.2) is 0 Å². The molecule has 86 valence electrons.